The van der Waals surface area contributed by atoms with Gasteiger partial charge in [0.25, 0.3) is 0 Å². The molecule has 0 bridgehead atoms. The highest BCUT2D eigenvalue weighted by atomic mass is 16.5. The third-order valence-electron chi connectivity index (χ3n) is 1.69. The molecule has 0 spiro atoms. The third-order valence-corrected chi connectivity index (χ3v) is 1.69. The van der Waals surface area contributed by atoms with Gasteiger partial charge in [-0.2, -0.15) is 0 Å². The summed E-state index contributed by atoms with van der Waals surface area (Å²) in [6.07, 6.45) is 4.41. The summed E-state index contributed by atoms with van der Waals surface area (Å²) >= 11 is 0. The molecule has 1 rings (SSSR count). The van der Waals surface area contributed by atoms with Gasteiger partial charge in [-0.1, -0.05) is 21.3 Å². The monoisotopic (exact) mass is 189 g/mol. The number of carbonyl (C=O) groups excluding carboxylic acids is 1. The normalized spacial score (nSPS) is 23.8. The Morgan fingerprint density at radius 3 is 2.77 bits per heavy atom. The van der Waals surface area contributed by atoms with Crippen molar-refractivity contribution >= 4 is 5.97 Å². The van der Waals surface area contributed by atoms with Gasteiger partial charge in [0.2, 0.25) is 0 Å². The number of cyclic esters (lactones) is 1. The predicted molar refractivity (Wildman–Crippen MR) is 53.2 cm³/mol. The first-order valence-electron chi connectivity index (χ1n) is 3.96. The molecule has 0 amide bonds. The van der Waals surface area contributed by atoms with Crippen LogP contribution in [0.2, 0.25) is 0 Å². The Morgan fingerprint density at radius 2 is 2.08 bits per heavy atom. The van der Waals surface area contributed by atoms with Crippen LogP contribution in [0.3, 0.4) is 0 Å². The van der Waals surface area contributed by atoms with Crippen LogP contribution in [0.25, 0.3) is 0 Å². The molecule has 1 radical (unpaired) electrons. The maximum atomic E-state index is 10.8. The summed E-state index contributed by atoms with van der Waals surface area (Å²) in [6, 6.07) is 0. The second-order valence-electron chi connectivity index (χ2n) is 2.73. The minimum Gasteiger partial charge on any atom is -0.463 e. The Hall–Kier alpha value is -0.570. The number of hydrogen-bond acceptors (Lipinski definition) is 3. The van der Waals surface area contributed by atoms with Crippen molar-refractivity contribution in [3.05, 3.63) is 6.42 Å². The molecule has 1 fully saturated rings. The van der Waals surface area contributed by atoms with E-state index in [1.165, 1.54) is 0 Å². The minimum atomic E-state index is -0.572. The summed E-state index contributed by atoms with van der Waals surface area (Å²) in [5.41, 5.74) is 0. The topological polar surface area (TPSA) is 46.5 Å². The molecule has 1 saturated heterocycles. The SMILES string of the molecule is C.C.O=C1CCCC[CH]C(O)CO1. The van der Waals surface area contributed by atoms with Gasteiger partial charge in [-0.3, -0.25) is 4.79 Å². The molecule has 3 nitrogen and oxygen atoms in total. The number of aliphatic hydroxyl groups excluding tert-OH is 1. The van der Waals surface area contributed by atoms with Crippen molar-refractivity contribution in [3.63, 3.8) is 0 Å². The van der Waals surface area contributed by atoms with E-state index in [1.54, 1.807) is 6.42 Å². The highest BCUT2D eigenvalue weighted by Crippen LogP contribution is 2.09. The lowest BCUT2D eigenvalue weighted by Gasteiger charge is -2.07. The molecular formula is C10H21O3. The predicted octanol–water partition coefficient (Wildman–Crippen LogP) is 1.94. The molecular weight excluding hydrogens is 168 g/mol. The number of carbonyl (C=O) groups is 1. The van der Waals surface area contributed by atoms with Crippen molar-refractivity contribution in [2.45, 2.75) is 46.6 Å². The smallest absolute Gasteiger partial charge is 0.305 e. The van der Waals surface area contributed by atoms with Gasteiger partial charge in [0.05, 0.1) is 6.10 Å². The summed E-state index contributed by atoms with van der Waals surface area (Å²) < 4.78 is 4.75. The average Bonchev–Trinajstić information content (AvgIpc) is 2.06. The second-order valence-corrected chi connectivity index (χ2v) is 2.73. The van der Waals surface area contributed by atoms with Gasteiger partial charge in [-0.25, -0.2) is 0 Å². The Kier molecular flexibility index (Phi) is 9.24. The Balaban J connectivity index is 0. The molecule has 1 aliphatic heterocycles. The molecule has 3 heteroatoms. The maximum absolute atomic E-state index is 10.8. The van der Waals surface area contributed by atoms with E-state index in [4.69, 9.17) is 9.84 Å². The first-order chi connectivity index (χ1) is 5.29. The number of aliphatic hydroxyl groups is 1. The van der Waals surface area contributed by atoms with Crippen molar-refractivity contribution in [1.82, 2.24) is 0 Å². The van der Waals surface area contributed by atoms with Crippen LogP contribution in [0.4, 0.5) is 0 Å². The van der Waals surface area contributed by atoms with Gasteiger partial charge < -0.3 is 9.84 Å². The molecule has 13 heavy (non-hydrogen) atoms. The molecule has 1 N–H and O–H groups in total. The summed E-state index contributed by atoms with van der Waals surface area (Å²) in [6.45, 7) is 0.124. The van der Waals surface area contributed by atoms with Crippen LogP contribution < -0.4 is 0 Å². The molecule has 0 aromatic carbocycles. The lowest BCUT2D eigenvalue weighted by Crippen LogP contribution is -2.17. The summed E-state index contributed by atoms with van der Waals surface area (Å²) in [5, 5.41) is 9.12. The zero-order chi connectivity index (χ0) is 8.10. The third kappa shape index (κ3) is 6.58. The fourth-order valence-corrected chi connectivity index (χ4v) is 1.04. The summed E-state index contributed by atoms with van der Waals surface area (Å²) in [5.74, 6) is -0.195. The fourth-order valence-electron chi connectivity index (χ4n) is 1.04. The van der Waals surface area contributed by atoms with Gasteiger partial charge in [-0.05, 0) is 19.3 Å². The molecule has 0 aromatic heterocycles. The van der Waals surface area contributed by atoms with Crippen LogP contribution >= 0.6 is 0 Å². The molecule has 1 aliphatic rings. The maximum Gasteiger partial charge on any atom is 0.305 e. The second kappa shape index (κ2) is 8.05. The van der Waals surface area contributed by atoms with Crippen LogP contribution in [-0.2, 0) is 9.53 Å². The van der Waals surface area contributed by atoms with Crippen LogP contribution in [-0.4, -0.2) is 23.8 Å². The molecule has 0 aromatic rings. The standard InChI is InChI=1S/C8H13O3.2CH4/c9-7-4-2-1-3-5-8(10)11-6-7;;/h4,7,9H,1-3,5-6H2;2*1H4. The lowest BCUT2D eigenvalue weighted by molar-refractivity contribution is -0.145. The summed E-state index contributed by atoms with van der Waals surface area (Å²) in [4.78, 5) is 10.8. The molecule has 1 atom stereocenters. The highest BCUT2D eigenvalue weighted by molar-refractivity contribution is 5.69. The number of hydrogen-bond donors (Lipinski definition) is 1. The molecule has 1 unspecified atom stereocenters. The van der Waals surface area contributed by atoms with Gasteiger partial charge in [0.15, 0.2) is 0 Å². The summed E-state index contributed by atoms with van der Waals surface area (Å²) in [7, 11) is 0. The van der Waals surface area contributed by atoms with E-state index in [2.05, 4.69) is 0 Å². The molecule has 0 aliphatic carbocycles. The average molecular weight is 189 g/mol. The Labute approximate surface area is 81.1 Å². The Morgan fingerprint density at radius 1 is 1.38 bits per heavy atom. The van der Waals surface area contributed by atoms with E-state index in [0.29, 0.717) is 6.42 Å². The van der Waals surface area contributed by atoms with Crippen molar-refractivity contribution < 1.29 is 14.6 Å². The van der Waals surface area contributed by atoms with Crippen molar-refractivity contribution in [3.8, 4) is 0 Å². The highest BCUT2D eigenvalue weighted by Gasteiger charge is 2.11. The van der Waals surface area contributed by atoms with Crippen LogP contribution in [0.15, 0.2) is 0 Å². The Bertz CT molecular complexity index is 134. The van der Waals surface area contributed by atoms with Crippen molar-refractivity contribution in [2.24, 2.45) is 0 Å². The van der Waals surface area contributed by atoms with Gasteiger partial charge in [0, 0.05) is 6.42 Å². The zero-order valence-corrected chi connectivity index (χ0v) is 6.45. The first-order valence-corrected chi connectivity index (χ1v) is 3.96. The lowest BCUT2D eigenvalue weighted by atomic mass is 10.1. The quantitative estimate of drug-likeness (QED) is 0.592. The zero-order valence-electron chi connectivity index (χ0n) is 6.45. The van der Waals surface area contributed by atoms with Gasteiger partial charge in [0.1, 0.15) is 6.61 Å². The largest absolute Gasteiger partial charge is 0.463 e. The minimum absolute atomic E-state index is 0. The number of ether oxygens (including phenoxy) is 1. The fraction of sp³-hybridized carbons (Fsp3) is 0.800. The number of esters is 1. The van der Waals surface area contributed by atoms with E-state index in [0.717, 1.165) is 19.3 Å². The van der Waals surface area contributed by atoms with Crippen LogP contribution in [0.1, 0.15) is 40.5 Å². The van der Waals surface area contributed by atoms with Gasteiger partial charge >= 0.3 is 5.97 Å². The van der Waals surface area contributed by atoms with E-state index in [9.17, 15) is 4.79 Å². The van der Waals surface area contributed by atoms with E-state index < -0.39 is 6.10 Å². The molecule has 79 valence electrons. The molecule has 1 heterocycles. The van der Waals surface area contributed by atoms with E-state index >= 15 is 0 Å². The van der Waals surface area contributed by atoms with Crippen molar-refractivity contribution in [2.75, 3.05) is 6.61 Å². The van der Waals surface area contributed by atoms with E-state index in [1.807, 2.05) is 0 Å². The number of rotatable bonds is 0. The van der Waals surface area contributed by atoms with Crippen molar-refractivity contribution in [1.29, 1.82) is 0 Å². The van der Waals surface area contributed by atoms with Crippen LogP contribution in [0.5, 0.6) is 0 Å². The van der Waals surface area contributed by atoms with Gasteiger partial charge in [-0.15, -0.1) is 0 Å². The van der Waals surface area contributed by atoms with E-state index in [-0.39, 0.29) is 27.4 Å². The van der Waals surface area contributed by atoms with Crippen LogP contribution in [0, 0.1) is 6.42 Å². The molecule has 0 saturated carbocycles. The first kappa shape index (κ1) is 14.9.